The van der Waals surface area contributed by atoms with Gasteiger partial charge in [-0.3, -0.25) is 9.59 Å². The second-order valence-corrected chi connectivity index (χ2v) is 24.2. The van der Waals surface area contributed by atoms with Crippen molar-refractivity contribution in [3.8, 4) is 0 Å². The zero-order chi connectivity index (χ0) is 57.8. The highest BCUT2D eigenvalue weighted by molar-refractivity contribution is 5.76. The molecule has 0 aromatic carbocycles. The van der Waals surface area contributed by atoms with E-state index in [4.69, 9.17) is 4.74 Å². The van der Waals surface area contributed by atoms with Crippen molar-refractivity contribution in [2.45, 2.75) is 386 Å². The number of rotatable bonds is 66. The van der Waals surface area contributed by atoms with E-state index in [2.05, 4.69) is 67.8 Å². The lowest BCUT2D eigenvalue weighted by molar-refractivity contribution is -0.143. The van der Waals surface area contributed by atoms with Crippen molar-refractivity contribution in [1.82, 2.24) is 5.32 Å². The van der Waals surface area contributed by atoms with Crippen LogP contribution in [0.25, 0.3) is 0 Å². The molecule has 3 N–H and O–H groups in total. The summed E-state index contributed by atoms with van der Waals surface area (Å²) in [6.45, 7) is 4.90. The number of aliphatic hydroxyl groups is 2. The summed E-state index contributed by atoms with van der Waals surface area (Å²) < 4.78 is 5.48. The van der Waals surface area contributed by atoms with E-state index in [1.165, 1.54) is 276 Å². The number of amides is 1. The molecular formula is C74H137NO5. The summed E-state index contributed by atoms with van der Waals surface area (Å²) in [6.07, 6.45) is 91.5. The van der Waals surface area contributed by atoms with E-state index in [1.54, 1.807) is 6.08 Å². The summed E-state index contributed by atoms with van der Waals surface area (Å²) in [5.41, 5.74) is 0. The Morgan fingerprint density at radius 3 is 0.963 bits per heavy atom. The van der Waals surface area contributed by atoms with Gasteiger partial charge in [-0.15, -0.1) is 0 Å². The summed E-state index contributed by atoms with van der Waals surface area (Å²) in [7, 11) is 0. The molecular weight excluding hydrogens is 983 g/mol. The molecule has 2 unspecified atom stereocenters. The molecule has 468 valence electrons. The van der Waals surface area contributed by atoms with Crippen LogP contribution in [0.1, 0.15) is 373 Å². The zero-order valence-electron chi connectivity index (χ0n) is 53.6. The first kappa shape index (κ1) is 77.6. The highest BCUT2D eigenvalue weighted by atomic mass is 16.5. The van der Waals surface area contributed by atoms with Crippen LogP contribution in [0.3, 0.4) is 0 Å². The minimum absolute atomic E-state index is 0.00694. The minimum atomic E-state index is -0.854. The molecule has 0 aliphatic rings. The lowest BCUT2D eigenvalue weighted by atomic mass is 10.0. The second-order valence-electron chi connectivity index (χ2n) is 24.2. The Hall–Kier alpha value is -2.44. The molecule has 1 amide bonds. The maximum atomic E-state index is 12.5. The van der Waals surface area contributed by atoms with Crippen LogP contribution in [0.15, 0.2) is 60.8 Å². The molecule has 80 heavy (non-hydrogen) atoms. The molecule has 0 spiro atoms. The first-order chi connectivity index (χ1) is 39.5. The third-order valence-corrected chi connectivity index (χ3v) is 16.3. The van der Waals surface area contributed by atoms with Crippen molar-refractivity contribution in [2.24, 2.45) is 0 Å². The normalized spacial score (nSPS) is 12.9. The summed E-state index contributed by atoms with van der Waals surface area (Å²) in [4.78, 5) is 24.6. The first-order valence-corrected chi connectivity index (χ1v) is 35.6. The maximum absolute atomic E-state index is 12.5. The van der Waals surface area contributed by atoms with Gasteiger partial charge in [0.1, 0.15) is 0 Å². The molecule has 0 aromatic heterocycles. The topological polar surface area (TPSA) is 95.9 Å². The van der Waals surface area contributed by atoms with Crippen LogP contribution in [0.2, 0.25) is 0 Å². The van der Waals surface area contributed by atoms with E-state index in [0.29, 0.717) is 19.4 Å². The zero-order valence-corrected chi connectivity index (χ0v) is 53.6. The monoisotopic (exact) mass is 1120 g/mol. The maximum Gasteiger partial charge on any atom is 0.305 e. The van der Waals surface area contributed by atoms with E-state index in [-0.39, 0.29) is 18.5 Å². The van der Waals surface area contributed by atoms with Gasteiger partial charge in [0.2, 0.25) is 5.91 Å². The van der Waals surface area contributed by atoms with Crippen LogP contribution in [0.5, 0.6) is 0 Å². The predicted molar refractivity (Wildman–Crippen MR) is 352 cm³/mol. The fourth-order valence-corrected chi connectivity index (χ4v) is 10.8. The molecule has 0 bridgehead atoms. The number of aliphatic hydroxyl groups excluding tert-OH is 2. The standard InChI is InChI=1S/C74H137NO5/c1-3-5-7-9-11-13-15-17-19-21-22-23-24-26-29-32-35-38-42-46-50-54-58-62-66-72(77)71(70-76)75-73(78)67-63-59-55-51-47-43-39-36-33-30-27-25-28-31-34-37-41-45-49-53-57-61-65-69-80-74(79)68-64-60-56-52-48-44-40-20-18-16-14-12-10-8-6-4-2/h14,16,20,25,28,30,33,40,62,66,71-72,76-77H,3-13,15,17-19,21-24,26-27,29,31-32,34-39,41-61,63-65,67-70H2,1-2H3,(H,75,78)/b16-14-,28-25-,33-30-,40-20-,66-62+. The van der Waals surface area contributed by atoms with Crippen LogP contribution in [-0.4, -0.2) is 47.4 Å². The molecule has 0 rings (SSSR count). The van der Waals surface area contributed by atoms with Gasteiger partial charge in [0.25, 0.3) is 0 Å². The Kier molecular flexibility index (Phi) is 66.9. The van der Waals surface area contributed by atoms with Crippen LogP contribution in [-0.2, 0) is 14.3 Å². The Labute approximate surface area is 499 Å². The van der Waals surface area contributed by atoms with Crippen molar-refractivity contribution >= 4 is 11.9 Å². The number of esters is 1. The molecule has 0 aliphatic carbocycles. The molecule has 0 heterocycles. The minimum Gasteiger partial charge on any atom is -0.466 e. The van der Waals surface area contributed by atoms with Gasteiger partial charge in [-0.1, -0.05) is 325 Å². The molecule has 0 aromatic rings. The number of hydrogen-bond acceptors (Lipinski definition) is 5. The average molecular weight is 1120 g/mol. The largest absolute Gasteiger partial charge is 0.466 e. The summed E-state index contributed by atoms with van der Waals surface area (Å²) in [5.74, 6) is -0.0827. The molecule has 0 saturated heterocycles. The van der Waals surface area contributed by atoms with Gasteiger partial charge in [-0.2, -0.15) is 0 Å². The molecule has 0 saturated carbocycles. The summed E-state index contributed by atoms with van der Waals surface area (Å²) >= 11 is 0. The third-order valence-electron chi connectivity index (χ3n) is 16.3. The third kappa shape index (κ3) is 64.7. The number of hydrogen-bond donors (Lipinski definition) is 3. The van der Waals surface area contributed by atoms with E-state index < -0.39 is 12.1 Å². The SMILES string of the molecule is CCCCCC/C=C\C/C=C\CCCCCCCC(=O)OCCCCCCCCCCC/C=C\C/C=C\CCCCCCCCCC(=O)NC(CO)C(O)/C=C/CCCCCCCCCCCCCCCCCCCCCCCC. The Balaban J connectivity index is 3.48. The van der Waals surface area contributed by atoms with E-state index in [9.17, 15) is 19.8 Å². The van der Waals surface area contributed by atoms with Crippen molar-refractivity contribution < 1.29 is 24.5 Å². The van der Waals surface area contributed by atoms with Crippen LogP contribution >= 0.6 is 0 Å². The lowest BCUT2D eigenvalue weighted by Crippen LogP contribution is -2.45. The number of carbonyl (C=O) groups excluding carboxylic acids is 2. The molecule has 0 aliphatic heterocycles. The van der Waals surface area contributed by atoms with Gasteiger partial charge in [-0.25, -0.2) is 0 Å². The Bertz CT molecular complexity index is 1380. The van der Waals surface area contributed by atoms with Crippen LogP contribution in [0, 0.1) is 0 Å². The first-order valence-electron chi connectivity index (χ1n) is 35.6. The van der Waals surface area contributed by atoms with E-state index in [1.807, 2.05) is 6.08 Å². The number of carbonyl (C=O) groups is 2. The van der Waals surface area contributed by atoms with Gasteiger partial charge in [-0.05, 0) is 96.3 Å². The number of nitrogens with one attached hydrogen (secondary N) is 1. The number of allylic oxidation sites excluding steroid dienone is 9. The highest BCUT2D eigenvalue weighted by Gasteiger charge is 2.18. The van der Waals surface area contributed by atoms with E-state index in [0.717, 1.165) is 70.6 Å². The second kappa shape index (κ2) is 69.1. The molecule has 2 atom stereocenters. The van der Waals surface area contributed by atoms with Crippen LogP contribution < -0.4 is 5.32 Å². The van der Waals surface area contributed by atoms with Gasteiger partial charge >= 0.3 is 5.97 Å². The predicted octanol–water partition coefficient (Wildman–Crippen LogP) is 23.0. The highest BCUT2D eigenvalue weighted by Crippen LogP contribution is 2.18. The van der Waals surface area contributed by atoms with Crippen molar-refractivity contribution in [3.05, 3.63) is 60.8 Å². The van der Waals surface area contributed by atoms with Gasteiger partial charge < -0.3 is 20.3 Å². The average Bonchev–Trinajstić information content (AvgIpc) is 3.46. The van der Waals surface area contributed by atoms with Gasteiger partial charge in [0.05, 0.1) is 25.4 Å². The van der Waals surface area contributed by atoms with Crippen molar-refractivity contribution in [3.63, 3.8) is 0 Å². The number of ether oxygens (including phenoxy) is 1. The molecule has 0 fully saturated rings. The van der Waals surface area contributed by atoms with E-state index >= 15 is 0 Å². The van der Waals surface area contributed by atoms with Crippen molar-refractivity contribution in [2.75, 3.05) is 13.2 Å². The number of unbranched alkanes of at least 4 members (excludes halogenated alkanes) is 47. The smallest absolute Gasteiger partial charge is 0.305 e. The van der Waals surface area contributed by atoms with Gasteiger partial charge in [0, 0.05) is 12.8 Å². The summed E-state index contributed by atoms with van der Waals surface area (Å²) in [6, 6.07) is -0.639. The fourth-order valence-electron chi connectivity index (χ4n) is 10.8. The quantitative estimate of drug-likeness (QED) is 0.0320. The van der Waals surface area contributed by atoms with Crippen molar-refractivity contribution in [1.29, 1.82) is 0 Å². The Morgan fingerprint density at radius 1 is 0.350 bits per heavy atom. The lowest BCUT2D eigenvalue weighted by Gasteiger charge is -2.20. The molecule has 6 nitrogen and oxygen atoms in total. The molecule has 0 radical (unpaired) electrons. The Morgan fingerprint density at radius 2 is 0.625 bits per heavy atom. The summed E-state index contributed by atoms with van der Waals surface area (Å²) in [5, 5.41) is 23.3. The molecule has 6 heteroatoms. The van der Waals surface area contributed by atoms with Gasteiger partial charge in [0.15, 0.2) is 0 Å². The van der Waals surface area contributed by atoms with Crippen LogP contribution in [0.4, 0.5) is 0 Å². The fraction of sp³-hybridized carbons (Fsp3) is 0.838.